The molecule has 0 fully saturated rings. The quantitative estimate of drug-likeness (QED) is 0.553. The third-order valence-electron chi connectivity index (χ3n) is 3.90. The van der Waals surface area contributed by atoms with Crippen LogP contribution in [0.2, 0.25) is 0 Å². The average Bonchev–Trinajstić information content (AvgIpc) is 2.52. The fourth-order valence-corrected chi connectivity index (χ4v) is 3.40. The van der Waals surface area contributed by atoms with Crippen LogP contribution in [0.25, 0.3) is 11.1 Å². The van der Waals surface area contributed by atoms with Gasteiger partial charge < -0.3 is 11.5 Å². The number of aryl methyl sites for hydroxylation is 1. The lowest BCUT2D eigenvalue weighted by atomic mass is 9.92. The Kier molecular flexibility index (Phi) is 5.48. The van der Waals surface area contributed by atoms with Gasteiger partial charge in [-0.05, 0) is 36.1 Å². The number of sulfonamides is 1. The zero-order chi connectivity index (χ0) is 19.6. The number of aliphatic imine (C=N–C) groups is 1. The van der Waals surface area contributed by atoms with Crippen LogP contribution in [0, 0.1) is 6.92 Å². The first-order chi connectivity index (χ1) is 12.0. The summed E-state index contributed by atoms with van der Waals surface area (Å²) in [6, 6.07) is 10.3. The number of amides is 1. The van der Waals surface area contributed by atoms with Crippen LogP contribution in [0.1, 0.15) is 41.3 Å². The van der Waals surface area contributed by atoms with Crippen molar-refractivity contribution in [2.45, 2.75) is 31.6 Å². The molecule has 7 nitrogen and oxygen atoms in total. The molecule has 0 unspecified atom stereocenters. The van der Waals surface area contributed by atoms with Gasteiger partial charge in [-0.25, -0.2) is 13.6 Å². The van der Waals surface area contributed by atoms with E-state index >= 15 is 0 Å². The molecule has 0 aromatic heterocycles. The van der Waals surface area contributed by atoms with E-state index in [4.69, 9.17) is 16.6 Å². The number of primary sulfonamides is 1. The molecule has 2 rings (SSSR count). The van der Waals surface area contributed by atoms with Crippen LogP contribution in [-0.4, -0.2) is 20.3 Å². The van der Waals surface area contributed by atoms with E-state index in [1.807, 2.05) is 32.9 Å². The Morgan fingerprint density at radius 1 is 1.08 bits per heavy atom. The minimum atomic E-state index is -4.08. The Morgan fingerprint density at radius 2 is 1.65 bits per heavy atom. The second kappa shape index (κ2) is 7.27. The van der Waals surface area contributed by atoms with E-state index in [0.29, 0.717) is 16.7 Å². The van der Waals surface area contributed by atoms with Gasteiger partial charge in [-0.1, -0.05) is 43.7 Å². The maximum Gasteiger partial charge on any atom is 0.280 e. The molecule has 1 amide bonds. The van der Waals surface area contributed by atoms with Gasteiger partial charge in [0.1, 0.15) is 0 Å². The van der Waals surface area contributed by atoms with Crippen molar-refractivity contribution in [3.05, 3.63) is 53.1 Å². The molecule has 0 radical (unpaired) electrons. The van der Waals surface area contributed by atoms with Crippen LogP contribution < -0.4 is 16.6 Å². The molecule has 0 spiro atoms. The number of rotatable bonds is 4. The minimum absolute atomic E-state index is 0.0677. The predicted octanol–water partition coefficient (Wildman–Crippen LogP) is 1.85. The van der Waals surface area contributed by atoms with Gasteiger partial charge in [-0.3, -0.25) is 4.79 Å². The van der Waals surface area contributed by atoms with Gasteiger partial charge in [-0.15, -0.1) is 0 Å². The molecule has 0 atom stereocenters. The molecule has 0 bridgehead atoms. The standard InChI is InChI=1S/C18H22N4O3S/c1-10(2)13-8-14(12-6-4-11(3)5-7-12)16(26(21,24)25)9-15(13)17(23)22-18(19)20/h4-10H,1-3H3,(H2,21,24,25)(H4,19,20,22,23). The largest absolute Gasteiger partial charge is 0.370 e. The highest BCUT2D eigenvalue weighted by Gasteiger charge is 2.23. The smallest absolute Gasteiger partial charge is 0.280 e. The van der Waals surface area contributed by atoms with Crippen LogP contribution in [0.4, 0.5) is 0 Å². The summed E-state index contributed by atoms with van der Waals surface area (Å²) in [5.41, 5.74) is 13.4. The highest BCUT2D eigenvalue weighted by molar-refractivity contribution is 7.89. The molecule has 26 heavy (non-hydrogen) atoms. The molecule has 0 saturated carbocycles. The molecule has 0 saturated heterocycles. The normalized spacial score (nSPS) is 11.4. The first kappa shape index (κ1) is 19.6. The maximum absolute atomic E-state index is 12.4. The lowest BCUT2D eigenvalue weighted by molar-refractivity contribution is 0.100. The average molecular weight is 374 g/mol. The van der Waals surface area contributed by atoms with E-state index in [2.05, 4.69) is 4.99 Å². The van der Waals surface area contributed by atoms with Crippen LogP contribution in [0.5, 0.6) is 0 Å². The van der Waals surface area contributed by atoms with Crippen molar-refractivity contribution in [2.75, 3.05) is 0 Å². The van der Waals surface area contributed by atoms with Crippen molar-refractivity contribution in [3.63, 3.8) is 0 Å². The van der Waals surface area contributed by atoms with Gasteiger partial charge in [-0.2, -0.15) is 4.99 Å². The molecule has 2 aromatic rings. The lowest BCUT2D eigenvalue weighted by Gasteiger charge is -2.16. The number of nitrogens with two attached hydrogens (primary N) is 3. The highest BCUT2D eigenvalue weighted by atomic mass is 32.2. The summed E-state index contributed by atoms with van der Waals surface area (Å²) in [5, 5.41) is 5.40. The van der Waals surface area contributed by atoms with Crippen molar-refractivity contribution in [3.8, 4) is 11.1 Å². The molecular formula is C18H22N4O3S. The third kappa shape index (κ3) is 4.27. The number of hydrogen-bond acceptors (Lipinski definition) is 3. The number of benzene rings is 2. The number of guanidine groups is 1. The van der Waals surface area contributed by atoms with Crippen molar-refractivity contribution < 1.29 is 13.2 Å². The van der Waals surface area contributed by atoms with Crippen molar-refractivity contribution in [1.29, 1.82) is 0 Å². The summed E-state index contributed by atoms with van der Waals surface area (Å²) in [7, 11) is -4.08. The molecule has 2 aromatic carbocycles. The lowest BCUT2D eigenvalue weighted by Crippen LogP contribution is -2.24. The molecule has 0 aliphatic heterocycles. The number of nitrogens with zero attached hydrogens (tertiary/aromatic N) is 1. The number of hydrogen-bond donors (Lipinski definition) is 3. The zero-order valence-corrected chi connectivity index (χ0v) is 15.7. The molecular weight excluding hydrogens is 352 g/mol. The Bertz CT molecular complexity index is 974. The summed E-state index contributed by atoms with van der Waals surface area (Å²) < 4.78 is 24.3. The Balaban J connectivity index is 2.84. The van der Waals surface area contributed by atoms with E-state index in [1.54, 1.807) is 18.2 Å². The van der Waals surface area contributed by atoms with Crippen molar-refractivity contribution in [2.24, 2.45) is 21.6 Å². The molecule has 0 aliphatic rings. The predicted molar refractivity (Wildman–Crippen MR) is 102 cm³/mol. The maximum atomic E-state index is 12.4. The van der Waals surface area contributed by atoms with Gasteiger partial charge in [0.05, 0.1) is 4.90 Å². The van der Waals surface area contributed by atoms with Crippen LogP contribution in [0.3, 0.4) is 0 Å². The minimum Gasteiger partial charge on any atom is -0.370 e. The van der Waals surface area contributed by atoms with E-state index in [1.165, 1.54) is 6.07 Å². The fraction of sp³-hybridized carbons (Fsp3) is 0.222. The number of carbonyl (C=O) groups is 1. The first-order valence-electron chi connectivity index (χ1n) is 7.92. The van der Waals surface area contributed by atoms with Crippen LogP contribution >= 0.6 is 0 Å². The van der Waals surface area contributed by atoms with Crippen LogP contribution in [-0.2, 0) is 10.0 Å². The van der Waals surface area contributed by atoms with Crippen molar-refractivity contribution in [1.82, 2.24) is 0 Å². The zero-order valence-electron chi connectivity index (χ0n) is 14.9. The summed E-state index contributed by atoms with van der Waals surface area (Å²) in [6.45, 7) is 5.70. The van der Waals surface area contributed by atoms with Gasteiger partial charge in [0.25, 0.3) is 5.91 Å². The SMILES string of the molecule is Cc1ccc(-c2cc(C(C)C)c(C(=O)N=C(N)N)cc2S(N)(=O)=O)cc1. The van der Waals surface area contributed by atoms with Gasteiger partial charge >= 0.3 is 0 Å². The molecule has 6 N–H and O–H groups in total. The molecule has 0 heterocycles. The summed E-state index contributed by atoms with van der Waals surface area (Å²) in [6.07, 6.45) is 0. The third-order valence-corrected chi connectivity index (χ3v) is 4.85. The topological polar surface area (TPSA) is 142 Å². The van der Waals surface area contributed by atoms with E-state index in [-0.39, 0.29) is 16.4 Å². The molecule has 8 heteroatoms. The van der Waals surface area contributed by atoms with E-state index in [0.717, 1.165) is 5.56 Å². The summed E-state index contributed by atoms with van der Waals surface area (Å²) >= 11 is 0. The fourth-order valence-electron chi connectivity index (χ4n) is 2.63. The Labute approximate surface area is 153 Å². The Hall–Kier alpha value is -2.71. The van der Waals surface area contributed by atoms with Gasteiger partial charge in [0.15, 0.2) is 5.96 Å². The van der Waals surface area contributed by atoms with Gasteiger partial charge in [0, 0.05) is 11.1 Å². The molecule has 0 aliphatic carbocycles. The van der Waals surface area contributed by atoms with Crippen LogP contribution in [0.15, 0.2) is 46.3 Å². The highest BCUT2D eigenvalue weighted by Crippen LogP contribution is 2.33. The van der Waals surface area contributed by atoms with Gasteiger partial charge in [0.2, 0.25) is 10.0 Å². The molecule has 138 valence electrons. The van der Waals surface area contributed by atoms with Crippen molar-refractivity contribution >= 4 is 21.9 Å². The summed E-state index contributed by atoms with van der Waals surface area (Å²) in [4.78, 5) is 15.7. The second-order valence-electron chi connectivity index (χ2n) is 6.34. The second-order valence-corrected chi connectivity index (χ2v) is 7.87. The van der Waals surface area contributed by atoms with E-state index in [9.17, 15) is 13.2 Å². The van der Waals surface area contributed by atoms with E-state index < -0.39 is 21.9 Å². The Morgan fingerprint density at radius 3 is 2.12 bits per heavy atom. The summed E-state index contributed by atoms with van der Waals surface area (Å²) in [5.74, 6) is -1.18. The first-order valence-corrected chi connectivity index (χ1v) is 9.47. The monoisotopic (exact) mass is 374 g/mol. The number of carbonyl (C=O) groups excluding carboxylic acids is 1.